The first kappa shape index (κ1) is 15.2. The number of hydrogen-bond donors (Lipinski definition) is 1. The van der Waals surface area contributed by atoms with Crippen molar-refractivity contribution in [3.63, 3.8) is 0 Å². The number of epoxide rings is 1. The molecule has 1 fully saturated rings. The van der Waals surface area contributed by atoms with Crippen LogP contribution in [0.3, 0.4) is 0 Å². The Hall–Kier alpha value is -1.70. The first-order valence-electron chi connectivity index (χ1n) is 6.90. The third kappa shape index (κ3) is 2.79. The van der Waals surface area contributed by atoms with Gasteiger partial charge in [-0.25, -0.2) is 17.5 Å². The van der Waals surface area contributed by atoms with Crippen LogP contribution in [0.1, 0.15) is 0 Å². The summed E-state index contributed by atoms with van der Waals surface area (Å²) in [6.45, 7) is 0.828. The van der Waals surface area contributed by atoms with E-state index < -0.39 is 10.0 Å². The molecule has 1 atom stereocenters. The van der Waals surface area contributed by atoms with Gasteiger partial charge in [0.2, 0.25) is 10.0 Å². The van der Waals surface area contributed by atoms with Gasteiger partial charge >= 0.3 is 0 Å². The number of rotatable bonds is 5. The van der Waals surface area contributed by atoms with Crippen molar-refractivity contribution in [1.82, 2.24) is 4.72 Å². The largest absolute Gasteiger partial charge is 0.375 e. The van der Waals surface area contributed by atoms with Gasteiger partial charge in [-0.2, -0.15) is 0 Å². The molecule has 118 valence electrons. The summed E-state index contributed by atoms with van der Waals surface area (Å²) in [6, 6.07) is 7.66. The Balaban J connectivity index is 2.12. The lowest BCUT2D eigenvalue weighted by atomic mass is 10.1. The van der Waals surface area contributed by atoms with Crippen LogP contribution >= 0.6 is 0 Å². The number of halogens is 1. The van der Waals surface area contributed by atoms with Crippen LogP contribution in [-0.4, -0.2) is 41.8 Å². The van der Waals surface area contributed by atoms with Gasteiger partial charge in [-0.1, -0.05) is 12.1 Å². The highest BCUT2D eigenvalue weighted by molar-refractivity contribution is 7.89. The first-order valence-corrected chi connectivity index (χ1v) is 8.38. The molecule has 0 aromatic heterocycles. The average molecular weight is 324 g/mol. The van der Waals surface area contributed by atoms with E-state index in [-0.39, 0.29) is 23.4 Å². The molecule has 1 heterocycles. The van der Waals surface area contributed by atoms with Crippen molar-refractivity contribution in [2.24, 2.45) is 0 Å². The minimum absolute atomic E-state index is 0.0421. The molecular formula is C15H17FN2O3S. The summed E-state index contributed by atoms with van der Waals surface area (Å²) < 4.78 is 46.5. The zero-order valence-electron chi connectivity index (χ0n) is 12.3. The molecule has 0 bridgehead atoms. The third-order valence-corrected chi connectivity index (χ3v) is 5.07. The quantitative estimate of drug-likeness (QED) is 0.851. The van der Waals surface area contributed by atoms with Crippen LogP contribution < -0.4 is 9.62 Å². The van der Waals surface area contributed by atoms with Gasteiger partial charge < -0.3 is 9.64 Å². The van der Waals surface area contributed by atoms with Crippen molar-refractivity contribution >= 4 is 26.5 Å². The number of ether oxygens (including phenoxy) is 1. The van der Waals surface area contributed by atoms with Gasteiger partial charge in [-0.15, -0.1) is 0 Å². The van der Waals surface area contributed by atoms with Crippen LogP contribution in [0.4, 0.5) is 10.1 Å². The molecule has 1 aliphatic rings. The van der Waals surface area contributed by atoms with Crippen LogP contribution in [0.5, 0.6) is 0 Å². The lowest BCUT2D eigenvalue weighted by Gasteiger charge is -2.18. The lowest BCUT2D eigenvalue weighted by Crippen LogP contribution is -2.27. The monoisotopic (exact) mass is 324 g/mol. The van der Waals surface area contributed by atoms with Crippen molar-refractivity contribution in [2.75, 3.05) is 32.1 Å². The Morgan fingerprint density at radius 2 is 2.00 bits per heavy atom. The minimum atomic E-state index is -3.67. The lowest BCUT2D eigenvalue weighted by molar-refractivity contribution is 0.406. The van der Waals surface area contributed by atoms with E-state index >= 15 is 0 Å². The molecule has 0 saturated carbocycles. The van der Waals surface area contributed by atoms with E-state index in [9.17, 15) is 12.8 Å². The highest BCUT2D eigenvalue weighted by atomic mass is 32.2. The number of nitrogens with one attached hydrogen (secondary N) is 1. The molecule has 0 aliphatic carbocycles. The van der Waals surface area contributed by atoms with E-state index in [0.29, 0.717) is 23.1 Å². The maximum absolute atomic E-state index is 14.0. The van der Waals surface area contributed by atoms with E-state index in [0.717, 1.165) is 0 Å². The van der Waals surface area contributed by atoms with Crippen molar-refractivity contribution in [3.05, 3.63) is 36.1 Å². The zero-order valence-corrected chi connectivity index (χ0v) is 13.2. The standard InChI is InChI=1S/C15H17FN2O3S/c1-18(2)15-12-4-3-5-14(11(12)6-7-13(15)16)22(19,20)17-8-10-9-21-10/h3-7,10,17H,8-9H2,1-2H3. The fraction of sp³-hybridized carbons (Fsp3) is 0.333. The molecule has 1 saturated heterocycles. The smallest absolute Gasteiger partial charge is 0.241 e. The molecule has 0 spiro atoms. The number of fused-ring (bicyclic) bond motifs is 1. The summed E-state index contributed by atoms with van der Waals surface area (Å²) in [7, 11) is -0.220. The predicted octanol–water partition coefficient (Wildman–Crippen LogP) is 1.72. The van der Waals surface area contributed by atoms with Crippen LogP contribution in [-0.2, 0) is 14.8 Å². The van der Waals surface area contributed by atoms with Crippen LogP contribution in [0.25, 0.3) is 10.8 Å². The summed E-state index contributed by atoms with van der Waals surface area (Å²) in [5, 5.41) is 1.06. The highest BCUT2D eigenvalue weighted by Crippen LogP contribution is 2.32. The summed E-state index contributed by atoms with van der Waals surface area (Å²) >= 11 is 0. The zero-order chi connectivity index (χ0) is 15.9. The molecule has 2 aromatic carbocycles. The number of hydrogen-bond acceptors (Lipinski definition) is 4. The van der Waals surface area contributed by atoms with Gasteiger partial charge in [0, 0.05) is 31.4 Å². The maximum Gasteiger partial charge on any atom is 0.241 e. The number of anilines is 1. The normalized spacial score (nSPS) is 17.7. The Labute approximate surface area is 128 Å². The molecule has 5 nitrogen and oxygen atoms in total. The summed E-state index contributed by atoms with van der Waals surface area (Å²) in [5.74, 6) is -0.383. The second kappa shape index (κ2) is 5.49. The molecule has 0 radical (unpaired) electrons. The fourth-order valence-corrected chi connectivity index (χ4v) is 3.73. The van der Waals surface area contributed by atoms with Gasteiger partial charge in [-0.05, 0) is 18.2 Å². The molecule has 3 rings (SSSR count). The SMILES string of the molecule is CN(C)c1c(F)ccc2c(S(=O)(=O)NCC3CO3)cccc12. The molecule has 1 unspecified atom stereocenters. The molecule has 1 N–H and O–H groups in total. The van der Waals surface area contributed by atoms with Crippen molar-refractivity contribution in [2.45, 2.75) is 11.0 Å². The van der Waals surface area contributed by atoms with Gasteiger partial charge in [0.05, 0.1) is 23.3 Å². The predicted molar refractivity (Wildman–Crippen MR) is 83.2 cm³/mol. The van der Waals surface area contributed by atoms with E-state index in [4.69, 9.17) is 4.74 Å². The van der Waals surface area contributed by atoms with E-state index in [1.807, 2.05) is 0 Å². The second-order valence-corrected chi connectivity index (χ2v) is 7.18. The molecular weight excluding hydrogens is 307 g/mol. The van der Waals surface area contributed by atoms with Crippen molar-refractivity contribution in [1.29, 1.82) is 0 Å². The average Bonchev–Trinajstić information content (AvgIpc) is 3.28. The van der Waals surface area contributed by atoms with Gasteiger partial charge in [0.15, 0.2) is 0 Å². The molecule has 2 aromatic rings. The Morgan fingerprint density at radius 3 is 2.64 bits per heavy atom. The molecule has 7 heteroatoms. The summed E-state index contributed by atoms with van der Waals surface area (Å²) in [5.41, 5.74) is 0.375. The molecule has 1 aliphatic heterocycles. The number of benzene rings is 2. The molecule has 0 amide bonds. The van der Waals surface area contributed by atoms with Crippen LogP contribution in [0.15, 0.2) is 35.2 Å². The second-order valence-electron chi connectivity index (χ2n) is 5.45. The number of nitrogens with zero attached hydrogens (tertiary/aromatic N) is 1. The summed E-state index contributed by atoms with van der Waals surface area (Å²) in [4.78, 5) is 1.79. The van der Waals surface area contributed by atoms with E-state index in [1.54, 1.807) is 31.1 Å². The Kier molecular flexibility index (Phi) is 3.80. The van der Waals surface area contributed by atoms with Gasteiger partial charge in [0.25, 0.3) is 0 Å². The Bertz CT molecular complexity index is 817. The summed E-state index contributed by atoms with van der Waals surface area (Å²) in [6.07, 6.45) is -0.0421. The van der Waals surface area contributed by atoms with Crippen molar-refractivity contribution < 1.29 is 17.5 Å². The van der Waals surface area contributed by atoms with E-state index in [1.165, 1.54) is 18.2 Å². The van der Waals surface area contributed by atoms with Crippen LogP contribution in [0.2, 0.25) is 0 Å². The maximum atomic E-state index is 14.0. The van der Waals surface area contributed by atoms with Gasteiger partial charge in [-0.3, -0.25) is 0 Å². The van der Waals surface area contributed by atoms with Crippen LogP contribution in [0, 0.1) is 5.82 Å². The van der Waals surface area contributed by atoms with Crippen molar-refractivity contribution in [3.8, 4) is 0 Å². The minimum Gasteiger partial charge on any atom is -0.375 e. The van der Waals surface area contributed by atoms with E-state index in [2.05, 4.69) is 4.72 Å². The third-order valence-electron chi connectivity index (χ3n) is 3.58. The molecule has 22 heavy (non-hydrogen) atoms. The number of sulfonamides is 1. The highest BCUT2D eigenvalue weighted by Gasteiger charge is 2.26. The Morgan fingerprint density at radius 1 is 1.27 bits per heavy atom. The first-order chi connectivity index (χ1) is 10.4. The fourth-order valence-electron chi connectivity index (χ4n) is 2.44. The van der Waals surface area contributed by atoms with Gasteiger partial charge in [0.1, 0.15) is 5.82 Å². The topological polar surface area (TPSA) is 61.9 Å².